The predicted molar refractivity (Wildman–Crippen MR) is 86.2 cm³/mol. The van der Waals surface area contributed by atoms with Crippen molar-refractivity contribution in [2.45, 2.75) is 39.2 Å². The second kappa shape index (κ2) is 7.13. The van der Waals surface area contributed by atoms with Crippen LogP contribution in [0.2, 0.25) is 0 Å². The van der Waals surface area contributed by atoms with Crippen molar-refractivity contribution in [3.05, 3.63) is 29.7 Å². The van der Waals surface area contributed by atoms with Gasteiger partial charge in [-0.1, -0.05) is 13.3 Å². The van der Waals surface area contributed by atoms with E-state index in [-0.39, 0.29) is 23.5 Å². The average molecular weight is 325 g/mol. The summed E-state index contributed by atoms with van der Waals surface area (Å²) >= 11 is 0. The maximum atomic E-state index is 12.4. The Hall–Kier alpha value is -1.56. The maximum absolute atomic E-state index is 12.4. The van der Waals surface area contributed by atoms with Gasteiger partial charge in [-0.3, -0.25) is 4.79 Å². The van der Waals surface area contributed by atoms with Gasteiger partial charge in [0.25, 0.3) is 0 Å². The van der Waals surface area contributed by atoms with Crippen LogP contribution in [0.25, 0.3) is 6.08 Å². The van der Waals surface area contributed by atoms with Gasteiger partial charge in [-0.15, -0.1) is 0 Å². The van der Waals surface area contributed by atoms with E-state index in [1.54, 1.807) is 17.0 Å². The van der Waals surface area contributed by atoms with Gasteiger partial charge < -0.3 is 9.32 Å². The molecule has 0 aromatic carbocycles. The number of sulfone groups is 1. The Morgan fingerprint density at radius 1 is 1.45 bits per heavy atom. The second-order valence-electron chi connectivity index (χ2n) is 5.72. The highest BCUT2D eigenvalue weighted by atomic mass is 32.2. The molecule has 6 heteroatoms. The van der Waals surface area contributed by atoms with Crippen molar-refractivity contribution >= 4 is 21.8 Å². The van der Waals surface area contributed by atoms with Crippen molar-refractivity contribution in [3.8, 4) is 0 Å². The van der Waals surface area contributed by atoms with Crippen LogP contribution < -0.4 is 0 Å². The summed E-state index contributed by atoms with van der Waals surface area (Å²) in [6, 6.07) is 3.44. The molecule has 0 radical (unpaired) electrons. The van der Waals surface area contributed by atoms with Crippen LogP contribution in [0.15, 0.2) is 22.6 Å². The van der Waals surface area contributed by atoms with Gasteiger partial charge in [0.1, 0.15) is 11.5 Å². The van der Waals surface area contributed by atoms with Gasteiger partial charge in [-0.2, -0.15) is 0 Å². The van der Waals surface area contributed by atoms with E-state index in [9.17, 15) is 13.2 Å². The minimum absolute atomic E-state index is 0.0795. The first-order chi connectivity index (χ1) is 10.4. The molecule has 1 atom stereocenters. The van der Waals surface area contributed by atoms with Gasteiger partial charge in [0.2, 0.25) is 5.91 Å². The maximum Gasteiger partial charge on any atom is 0.246 e. The van der Waals surface area contributed by atoms with E-state index < -0.39 is 9.84 Å². The Morgan fingerprint density at radius 3 is 2.77 bits per heavy atom. The van der Waals surface area contributed by atoms with Crippen LogP contribution in [0, 0.1) is 6.92 Å². The largest absolute Gasteiger partial charge is 0.462 e. The summed E-state index contributed by atoms with van der Waals surface area (Å²) in [4.78, 5) is 14.1. The molecule has 2 rings (SSSR count). The molecule has 1 aromatic heterocycles. The van der Waals surface area contributed by atoms with E-state index in [0.717, 1.165) is 18.6 Å². The normalized spacial score (nSPS) is 20.5. The number of rotatable bonds is 6. The number of amides is 1. The molecule has 0 aliphatic carbocycles. The Bertz CT molecular complexity index is 645. The molecule has 1 fully saturated rings. The number of furan rings is 1. The standard InChI is InChI=1S/C16H23NO4S/c1-3-4-10-17(14-9-11-22(19,20)12-14)16(18)8-7-15-6-5-13(2)21-15/h5-8,14H,3-4,9-12H2,1-2H3. The van der Waals surface area contributed by atoms with Gasteiger partial charge in [0.05, 0.1) is 11.5 Å². The SMILES string of the molecule is CCCCN(C(=O)C=Cc1ccc(C)o1)C1CCS(=O)(=O)C1. The van der Waals surface area contributed by atoms with E-state index in [4.69, 9.17) is 4.42 Å². The molecule has 1 aliphatic heterocycles. The van der Waals surface area contributed by atoms with Gasteiger partial charge >= 0.3 is 0 Å². The molecule has 22 heavy (non-hydrogen) atoms. The summed E-state index contributed by atoms with van der Waals surface area (Å²) in [5, 5.41) is 0. The Kier molecular flexibility index (Phi) is 5.45. The molecule has 1 unspecified atom stereocenters. The number of aryl methyl sites for hydroxylation is 1. The van der Waals surface area contributed by atoms with E-state index in [1.165, 1.54) is 6.08 Å². The topological polar surface area (TPSA) is 67.6 Å². The summed E-state index contributed by atoms with van der Waals surface area (Å²) in [6.45, 7) is 4.49. The summed E-state index contributed by atoms with van der Waals surface area (Å²) in [5.41, 5.74) is 0. The molecule has 1 aromatic rings. The zero-order valence-corrected chi connectivity index (χ0v) is 13.9. The Balaban J connectivity index is 2.07. The average Bonchev–Trinajstić information content (AvgIpc) is 3.03. The van der Waals surface area contributed by atoms with Crippen LogP contribution in [0.1, 0.15) is 37.7 Å². The van der Waals surface area contributed by atoms with Gasteiger partial charge in [-0.25, -0.2) is 8.42 Å². The highest BCUT2D eigenvalue weighted by Crippen LogP contribution is 2.19. The van der Waals surface area contributed by atoms with Crippen molar-refractivity contribution in [2.24, 2.45) is 0 Å². The smallest absolute Gasteiger partial charge is 0.246 e. The molecule has 0 spiro atoms. The number of nitrogens with zero attached hydrogens (tertiary/aromatic N) is 1. The number of unbranched alkanes of at least 4 members (excludes halogenated alkanes) is 1. The molecule has 122 valence electrons. The lowest BCUT2D eigenvalue weighted by Crippen LogP contribution is -2.40. The molecule has 2 heterocycles. The van der Waals surface area contributed by atoms with Crippen LogP contribution in [0.3, 0.4) is 0 Å². The third-order valence-electron chi connectivity index (χ3n) is 3.84. The van der Waals surface area contributed by atoms with Crippen molar-refractivity contribution in [2.75, 3.05) is 18.1 Å². The van der Waals surface area contributed by atoms with E-state index in [1.807, 2.05) is 13.0 Å². The van der Waals surface area contributed by atoms with Gasteiger partial charge in [0.15, 0.2) is 9.84 Å². The molecule has 0 N–H and O–H groups in total. The fourth-order valence-corrected chi connectivity index (χ4v) is 4.35. The fourth-order valence-electron chi connectivity index (χ4n) is 2.61. The van der Waals surface area contributed by atoms with E-state index in [0.29, 0.717) is 18.7 Å². The third kappa shape index (κ3) is 4.47. The first kappa shape index (κ1) is 16.8. The first-order valence-electron chi connectivity index (χ1n) is 7.67. The third-order valence-corrected chi connectivity index (χ3v) is 5.59. The Labute approximate surface area is 131 Å². The monoisotopic (exact) mass is 325 g/mol. The highest BCUT2D eigenvalue weighted by Gasteiger charge is 2.33. The van der Waals surface area contributed by atoms with Crippen LogP contribution in [0.4, 0.5) is 0 Å². The van der Waals surface area contributed by atoms with Crippen LogP contribution in [0.5, 0.6) is 0 Å². The van der Waals surface area contributed by atoms with E-state index >= 15 is 0 Å². The molecule has 5 nitrogen and oxygen atoms in total. The minimum Gasteiger partial charge on any atom is -0.462 e. The number of hydrogen-bond donors (Lipinski definition) is 0. The molecular formula is C16H23NO4S. The summed E-state index contributed by atoms with van der Waals surface area (Å²) in [7, 11) is -3.00. The van der Waals surface area contributed by atoms with Crippen molar-refractivity contribution in [3.63, 3.8) is 0 Å². The van der Waals surface area contributed by atoms with Crippen LogP contribution in [-0.2, 0) is 14.6 Å². The van der Waals surface area contributed by atoms with Crippen molar-refractivity contribution in [1.82, 2.24) is 4.90 Å². The lowest BCUT2D eigenvalue weighted by molar-refractivity contribution is -0.127. The second-order valence-corrected chi connectivity index (χ2v) is 7.95. The first-order valence-corrected chi connectivity index (χ1v) is 9.49. The molecule has 0 bridgehead atoms. The molecule has 0 saturated carbocycles. The Morgan fingerprint density at radius 2 is 2.23 bits per heavy atom. The zero-order chi connectivity index (χ0) is 16.2. The molecule has 1 saturated heterocycles. The minimum atomic E-state index is -3.00. The lowest BCUT2D eigenvalue weighted by atomic mass is 10.2. The quantitative estimate of drug-likeness (QED) is 0.753. The predicted octanol–water partition coefficient (Wildman–Crippen LogP) is 2.42. The number of carbonyl (C=O) groups is 1. The van der Waals surface area contributed by atoms with Crippen molar-refractivity contribution < 1.29 is 17.6 Å². The molecule has 1 aliphatic rings. The van der Waals surface area contributed by atoms with Gasteiger partial charge in [0, 0.05) is 18.7 Å². The molecular weight excluding hydrogens is 302 g/mol. The summed E-state index contributed by atoms with van der Waals surface area (Å²) < 4.78 is 28.7. The number of carbonyl (C=O) groups excluding carboxylic acids is 1. The molecule has 1 amide bonds. The van der Waals surface area contributed by atoms with E-state index in [2.05, 4.69) is 6.92 Å². The van der Waals surface area contributed by atoms with Crippen molar-refractivity contribution in [1.29, 1.82) is 0 Å². The van der Waals surface area contributed by atoms with Crippen LogP contribution in [-0.4, -0.2) is 43.3 Å². The highest BCUT2D eigenvalue weighted by molar-refractivity contribution is 7.91. The van der Waals surface area contributed by atoms with Gasteiger partial charge in [-0.05, 0) is 38.0 Å². The number of hydrogen-bond acceptors (Lipinski definition) is 4. The summed E-state index contributed by atoms with van der Waals surface area (Å²) in [5.74, 6) is 1.52. The summed E-state index contributed by atoms with van der Waals surface area (Å²) in [6.07, 6.45) is 5.47. The fraction of sp³-hybridized carbons (Fsp3) is 0.562. The zero-order valence-electron chi connectivity index (χ0n) is 13.1. The lowest BCUT2D eigenvalue weighted by Gasteiger charge is -2.27. The van der Waals surface area contributed by atoms with Crippen LogP contribution >= 0.6 is 0 Å².